The summed E-state index contributed by atoms with van der Waals surface area (Å²) in [6, 6.07) is 7.45. The summed E-state index contributed by atoms with van der Waals surface area (Å²) in [6.45, 7) is 1.89. The number of aryl methyl sites for hydroxylation is 1. The van der Waals surface area contributed by atoms with Gasteiger partial charge in [-0.3, -0.25) is 0 Å². The van der Waals surface area contributed by atoms with Gasteiger partial charge in [-0.15, -0.1) is 0 Å². The minimum atomic E-state index is -1.46. The Kier molecular flexibility index (Phi) is 4.75. The third-order valence-electron chi connectivity index (χ3n) is 6.89. The van der Waals surface area contributed by atoms with Gasteiger partial charge in [-0.05, 0) is 59.5 Å². The fraction of sp³-hybridized carbons (Fsp3) is 0.348. The summed E-state index contributed by atoms with van der Waals surface area (Å²) >= 11 is 3.39. The lowest BCUT2D eigenvalue weighted by Crippen LogP contribution is -2.47. The van der Waals surface area contributed by atoms with Crippen LogP contribution in [0.1, 0.15) is 24.6 Å². The highest BCUT2D eigenvalue weighted by Gasteiger charge is 2.62. The zero-order valence-electron chi connectivity index (χ0n) is 18.2. The number of pyridine rings is 1. The van der Waals surface area contributed by atoms with Gasteiger partial charge in [-0.2, -0.15) is 0 Å². The summed E-state index contributed by atoms with van der Waals surface area (Å²) in [5.74, 6) is 1.33. The molecule has 3 aromatic heterocycles. The van der Waals surface area contributed by atoms with E-state index in [0.717, 1.165) is 15.4 Å². The molecule has 1 aliphatic carbocycles. The van der Waals surface area contributed by atoms with Crippen molar-refractivity contribution in [3.05, 3.63) is 46.8 Å². The number of nitrogen functional groups attached to an aromatic ring is 2. The Morgan fingerprint density at radius 3 is 2.88 bits per heavy atom. The van der Waals surface area contributed by atoms with Crippen LogP contribution < -0.4 is 16.2 Å². The summed E-state index contributed by atoms with van der Waals surface area (Å²) < 4.78 is 14.9. The summed E-state index contributed by atoms with van der Waals surface area (Å²) in [5, 5.41) is 24.1. The van der Waals surface area contributed by atoms with Crippen molar-refractivity contribution < 1.29 is 19.7 Å². The number of aliphatic hydroxyl groups is 2. The minimum Gasteiger partial charge on any atom is -0.488 e. The summed E-state index contributed by atoms with van der Waals surface area (Å²) in [4.78, 5) is 12.8. The molecule has 34 heavy (non-hydrogen) atoms. The Labute approximate surface area is 202 Å². The molecule has 2 aliphatic rings. The third-order valence-corrected chi connectivity index (χ3v) is 7.52. The van der Waals surface area contributed by atoms with E-state index in [9.17, 15) is 10.2 Å². The van der Waals surface area contributed by atoms with Crippen molar-refractivity contribution in [2.45, 2.75) is 49.9 Å². The molecule has 5 atom stereocenters. The van der Waals surface area contributed by atoms with Gasteiger partial charge in [0.05, 0.1) is 15.4 Å². The second-order valence-corrected chi connectivity index (χ2v) is 9.82. The van der Waals surface area contributed by atoms with E-state index >= 15 is 0 Å². The van der Waals surface area contributed by atoms with Crippen LogP contribution in [0.25, 0.3) is 21.9 Å². The van der Waals surface area contributed by atoms with Crippen LogP contribution in [0.2, 0.25) is 0 Å². The highest BCUT2D eigenvalue weighted by Crippen LogP contribution is 2.48. The van der Waals surface area contributed by atoms with Crippen LogP contribution in [-0.2, 0) is 4.74 Å². The molecule has 0 amide bonds. The van der Waals surface area contributed by atoms with Gasteiger partial charge < -0.3 is 35.7 Å². The first kappa shape index (κ1) is 21.5. The maximum Gasteiger partial charge on any atom is 0.164 e. The van der Waals surface area contributed by atoms with Crippen LogP contribution >= 0.6 is 15.9 Å². The third kappa shape index (κ3) is 3.08. The van der Waals surface area contributed by atoms with E-state index in [4.69, 9.17) is 20.9 Å². The monoisotopic (exact) mass is 526 g/mol. The summed E-state index contributed by atoms with van der Waals surface area (Å²) in [6.07, 6.45) is 0.827. The van der Waals surface area contributed by atoms with Gasteiger partial charge in [-0.1, -0.05) is 0 Å². The van der Waals surface area contributed by atoms with Gasteiger partial charge in [0.15, 0.2) is 6.23 Å². The Bertz CT molecular complexity index is 1440. The molecule has 176 valence electrons. The van der Waals surface area contributed by atoms with Gasteiger partial charge >= 0.3 is 0 Å². The number of ether oxygens (including phenoxy) is 2. The first-order chi connectivity index (χ1) is 16.3. The molecule has 0 bridgehead atoms. The number of aromatic nitrogens is 4. The van der Waals surface area contributed by atoms with E-state index in [1.165, 1.54) is 6.33 Å². The van der Waals surface area contributed by atoms with Gasteiger partial charge in [0.1, 0.15) is 53.3 Å². The molecule has 4 aromatic rings. The molecule has 0 unspecified atom stereocenters. The normalized spacial score (nSPS) is 28.6. The van der Waals surface area contributed by atoms with Crippen LogP contribution in [0, 0.1) is 6.92 Å². The van der Waals surface area contributed by atoms with Crippen molar-refractivity contribution in [3.63, 3.8) is 0 Å². The van der Waals surface area contributed by atoms with Gasteiger partial charge in [0, 0.05) is 17.6 Å². The average molecular weight is 527 g/mol. The molecule has 1 saturated heterocycles. The van der Waals surface area contributed by atoms with Crippen LogP contribution in [0.5, 0.6) is 5.75 Å². The van der Waals surface area contributed by atoms with E-state index in [1.807, 2.05) is 25.1 Å². The first-order valence-electron chi connectivity index (χ1n) is 10.9. The summed E-state index contributed by atoms with van der Waals surface area (Å²) in [7, 11) is 0. The number of nitrogens with zero attached hydrogens (tertiary/aromatic N) is 4. The molecule has 1 saturated carbocycles. The van der Waals surface area contributed by atoms with Gasteiger partial charge in [-0.25, -0.2) is 15.0 Å². The van der Waals surface area contributed by atoms with Gasteiger partial charge in [0.25, 0.3) is 0 Å². The Balaban J connectivity index is 1.31. The molecule has 1 aliphatic heterocycles. The predicted molar refractivity (Wildman–Crippen MR) is 129 cm³/mol. The van der Waals surface area contributed by atoms with Crippen molar-refractivity contribution in [2.75, 3.05) is 11.5 Å². The lowest BCUT2D eigenvalue weighted by Gasteiger charge is -2.26. The zero-order valence-corrected chi connectivity index (χ0v) is 19.8. The lowest BCUT2D eigenvalue weighted by molar-refractivity contribution is -0.0791. The number of hydrogen-bond acceptors (Lipinski definition) is 9. The highest BCUT2D eigenvalue weighted by atomic mass is 79.9. The van der Waals surface area contributed by atoms with Crippen molar-refractivity contribution >= 4 is 49.5 Å². The smallest absolute Gasteiger partial charge is 0.164 e. The second kappa shape index (κ2) is 7.51. The quantitative estimate of drug-likeness (QED) is 0.315. The molecule has 0 spiro atoms. The molecule has 6 rings (SSSR count). The first-order valence-corrected chi connectivity index (χ1v) is 11.7. The molecule has 4 heterocycles. The average Bonchev–Trinajstić information content (AvgIpc) is 3.39. The molecule has 11 heteroatoms. The standard InChI is InChI=1S/C23H23BrN6O4/c1-10-8-30(21-16(10)20(26)27-9-28-21)22-17(31)23(32)5-4-15(18(23)34-22)33-12-3-2-11-6-13(24)19(25)29-14(11)7-12/h2-3,6-9,15,17-18,22,31-32H,4-5H2,1H3,(H2,25,29)(H2,26,27,28)/t15-,17-,18+,22+,23-/m0/s1. The molecular formula is C23H23BrN6O4. The van der Waals surface area contributed by atoms with Gasteiger partial charge in [0.2, 0.25) is 0 Å². The molecule has 10 nitrogen and oxygen atoms in total. The molecule has 2 fully saturated rings. The maximum atomic E-state index is 11.4. The topological polar surface area (TPSA) is 155 Å². The fourth-order valence-electron chi connectivity index (χ4n) is 5.20. The number of anilines is 2. The Morgan fingerprint density at radius 1 is 1.24 bits per heavy atom. The Morgan fingerprint density at radius 2 is 2.06 bits per heavy atom. The zero-order chi connectivity index (χ0) is 23.8. The maximum absolute atomic E-state index is 11.4. The SMILES string of the molecule is Cc1cn([C@@H]2O[C@@H]3[C@@H](Oc4ccc5cc(Br)c(N)nc5c4)CC[C@]3(O)[C@H]2O)c2ncnc(N)c12. The fourth-order valence-corrected chi connectivity index (χ4v) is 5.53. The number of nitrogens with two attached hydrogens (primary N) is 2. The van der Waals surface area contributed by atoms with Crippen LogP contribution in [0.3, 0.4) is 0 Å². The van der Waals surface area contributed by atoms with Crippen molar-refractivity contribution in [1.82, 2.24) is 19.5 Å². The molecule has 6 N–H and O–H groups in total. The van der Waals surface area contributed by atoms with Crippen molar-refractivity contribution in [2.24, 2.45) is 0 Å². The lowest BCUT2D eigenvalue weighted by atomic mass is 9.94. The minimum absolute atomic E-state index is 0.334. The highest BCUT2D eigenvalue weighted by molar-refractivity contribution is 9.10. The molecule has 1 aromatic carbocycles. The largest absolute Gasteiger partial charge is 0.488 e. The molecule has 0 radical (unpaired) electrons. The van der Waals surface area contributed by atoms with E-state index in [2.05, 4.69) is 30.9 Å². The van der Waals surface area contributed by atoms with Crippen molar-refractivity contribution in [1.29, 1.82) is 0 Å². The number of benzene rings is 1. The van der Waals surface area contributed by atoms with Crippen LogP contribution in [-0.4, -0.2) is 53.6 Å². The number of fused-ring (bicyclic) bond motifs is 3. The van der Waals surface area contributed by atoms with E-state index < -0.39 is 30.1 Å². The second-order valence-electron chi connectivity index (χ2n) is 8.97. The number of aliphatic hydroxyl groups excluding tert-OH is 1. The van der Waals surface area contributed by atoms with E-state index in [-0.39, 0.29) is 0 Å². The van der Waals surface area contributed by atoms with Crippen molar-refractivity contribution in [3.8, 4) is 5.75 Å². The molecular weight excluding hydrogens is 504 g/mol. The number of hydrogen-bond donors (Lipinski definition) is 4. The van der Waals surface area contributed by atoms with E-state index in [1.54, 1.807) is 16.8 Å². The number of halogens is 1. The van der Waals surface area contributed by atoms with E-state index in [0.29, 0.717) is 46.8 Å². The van der Waals surface area contributed by atoms with Crippen LogP contribution in [0.4, 0.5) is 11.6 Å². The summed E-state index contributed by atoms with van der Waals surface area (Å²) in [5.41, 5.74) is 12.6. The van der Waals surface area contributed by atoms with Crippen LogP contribution in [0.15, 0.2) is 41.3 Å². The Hall–Kier alpha value is -2.99. The number of rotatable bonds is 3. The predicted octanol–water partition coefficient (Wildman–Crippen LogP) is 2.45.